The van der Waals surface area contributed by atoms with Crippen LogP contribution in [0, 0.1) is 0 Å². The molecule has 0 aliphatic carbocycles. The summed E-state index contributed by atoms with van der Waals surface area (Å²) in [5.74, 6) is 0. The van der Waals surface area contributed by atoms with Gasteiger partial charge in [0.15, 0.2) is 0 Å². The summed E-state index contributed by atoms with van der Waals surface area (Å²) in [6, 6.07) is 6.47. The maximum Gasteiger partial charge on any atom is 0.116 e. The van der Waals surface area contributed by atoms with E-state index >= 15 is 0 Å². The molecule has 0 saturated heterocycles. The molecular formula is C13H16N4S. The van der Waals surface area contributed by atoms with Crippen LogP contribution in [0.25, 0.3) is 0 Å². The Morgan fingerprint density at radius 3 is 2.61 bits per heavy atom. The fourth-order valence-corrected chi connectivity index (χ4v) is 2.03. The van der Waals surface area contributed by atoms with Gasteiger partial charge < -0.3 is 5.32 Å². The van der Waals surface area contributed by atoms with E-state index in [0.717, 1.165) is 16.6 Å². The van der Waals surface area contributed by atoms with Gasteiger partial charge >= 0.3 is 0 Å². The Labute approximate surface area is 111 Å². The van der Waals surface area contributed by atoms with Gasteiger partial charge in [0, 0.05) is 25.0 Å². The van der Waals surface area contributed by atoms with E-state index in [1.54, 1.807) is 12.5 Å². The summed E-state index contributed by atoms with van der Waals surface area (Å²) in [7, 11) is 0. The molecule has 0 aromatic carbocycles. The van der Waals surface area contributed by atoms with E-state index in [4.69, 9.17) is 0 Å². The van der Waals surface area contributed by atoms with Crippen LogP contribution in [0.15, 0.2) is 47.0 Å². The van der Waals surface area contributed by atoms with E-state index in [1.165, 1.54) is 17.3 Å². The van der Waals surface area contributed by atoms with Gasteiger partial charge in [-0.2, -0.15) is 0 Å². The van der Waals surface area contributed by atoms with Gasteiger partial charge in [-0.15, -0.1) is 0 Å². The number of aromatic nitrogens is 3. The molecule has 0 saturated carbocycles. The van der Waals surface area contributed by atoms with Crippen molar-refractivity contribution < 1.29 is 0 Å². The molecule has 2 aromatic heterocycles. The molecule has 1 N–H and O–H groups in total. The van der Waals surface area contributed by atoms with Crippen LogP contribution >= 0.6 is 11.8 Å². The lowest BCUT2D eigenvalue weighted by molar-refractivity contribution is 0.587. The molecule has 5 heteroatoms. The van der Waals surface area contributed by atoms with Crippen molar-refractivity contribution in [3.05, 3.63) is 42.5 Å². The molecule has 0 atom stereocenters. The highest BCUT2D eigenvalue weighted by molar-refractivity contribution is 7.99. The lowest BCUT2D eigenvalue weighted by Crippen LogP contribution is -2.21. The highest BCUT2D eigenvalue weighted by Gasteiger charge is 2.00. The van der Waals surface area contributed by atoms with Crippen molar-refractivity contribution in [1.29, 1.82) is 0 Å². The van der Waals surface area contributed by atoms with Gasteiger partial charge in [0.05, 0.1) is 0 Å². The molecular weight excluding hydrogens is 244 g/mol. The molecule has 0 amide bonds. The number of rotatable bonds is 5. The topological polar surface area (TPSA) is 50.7 Å². The van der Waals surface area contributed by atoms with Gasteiger partial charge in [-0.25, -0.2) is 15.0 Å². The molecule has 2 rings (SSSR count). The summed E-state index contributed by atoms with van der Waals surface area (Å²) in [5.41, 5.74) is 1.19. The highest BCUT2D eigenvalue weighted by atomic mass is 32.2. The second kappa shape index (κ2) is 6.47. The summed E-state index contributed by atoms with van der Waals surface area (Å²) in [6.45, 7) is 5.11. The quantitative estimate of drug-likeness (QED) is 0.837. The summed E-state index contributed by atoms with van der Waals surface area (Å²) in [4.78, 5) is 12.5. The van der Waals surface area contributed by atoms with Crippen molar-refractivity contribution in [2.75, 3.05) is 0 Å². The number of pyridine rings is 1. The second-order valence-corrected chi connectivity index (χ2v) is 5.23. The fraction of sp³-hybridized carbons (Fsp3) is 0.308. The first kappa shape index (κ1) is 13.0. The monoisotopic (exact) mass is 260 g/mol. The zero-order valence-corrected chi connectivity index (χ0v) is 11.3. The van der Waals surface area contributed by atoms with Crippen molar-refractivity contribution in [2.24, 2.45) is 0 Å². The van der Waals surface area contributed by atoms with Gasteiger partial charge in [-0.3, -0.25) is 0 Å². The Morgan fingerprint density at radius 1 is 1.17 bits per heavy atom. The second-order valence-electron chi connectivity index (χ2n) is 4.19. The average Bonchev–Trinajstić information content (AvgIpc) is 2.39. The number of nitrogens with one attached hydrogen (secondary N) is 1. The van der Waals surface area contributed by atoms with Crippen LogP contribution in [0.1, 0.15) is 19.4 Å². The summed E-state index contributed by atoms with van der Waals surface area (Å²) in [5, 5.41) is 5.22. The third-order valence-electron chi connectivity index (χ3n) is 2.28. The van der Waals surface area contributed by atoms with Crippen LogP contribution in [-0.4, -0.2) is 21.0 Å². The van der Waals surface area contributed by atoms with Crippen LogP contribution in [0.2, 0.25) is 0 Å². The van der Waals surface area contributed by atoms with Crippen molar-refractivity contribution in [2.45, 2.75) is 36.5 Å². The molecule has 2 heterocycles. The first-order valence-electron chi connectivity index (χ1n) is 5.86. The number of nitrogens with zero attached hydrogens (tertiary/aromatic N) is 3. The van der Waals surface area contributed by atoms with E-state index in [2.05, 4.69) is 40.2 Å². The average molecular weight is 260 g/mol. The maximum absolute atomic E-state index is 4.41. The Kier molecular flexibility index (Phi) is 4.66. The predicted octanol–water partition coefficient (Wildman–Crippen LogP) is 2.52. The van der Waals surface area contributed by atoms with Crippen molar-refractivity contribution in [3.63, 3.8) is 0 Å². The van der Waals surface area contributed by atoms with Gasteiger partial charge in [-0.1, -0.05) is 19.9 Å². The van der Waals surface area contributed by atoms with Crippen LogP contribution in [0.3, 0.4) is 0 Å². The zero-order valence-electron chi connectivity index (χ0n) is 10.5. The minimum absolute atomic E-state index is 0.486. The normalized spacial score (nSPS) is 10.8. The van der Waals surface area contributed by atoms with Crippen molar-refractivity contribution in [3.8, 4) is 0 Å². The Balaban J connectivity index is 1.95. The lowest BCUT2D eigenvalue weighted by atomic mass is 10.2. The van der Waals surface area contributed by atoms with Crippen LogP contribution < -0.4 is 5.32 Å². The van der Waals surface area contributed by atoms with Crippen LogP contribution in [0.5, 0.6) is 0 Å². The zero-order chi connectivity index (χ0) is 12.8. The largest absolute Gasteiger partial charge is 0.310 e. The molecule has 0 bridgehead atoms. The molecule has 0 radical (unpaired) electrons. The van der Waals surface area contributed by atoms with Gasteiger partial charge in [0.2, 0.25) is 0 Å². The number of hydrogen-bond acceptors (Lipinski definition) is 5. The summed E-state index contributed by atoms with van der Waals surface area (Å²) >= 11 is 1.54. The van der Waals surface area contributed by atoms with Gasteiger partial charge in [0.25, 0.3) is 0 Å². The maximum atomic E-state index is 4.41. The van der Waals surface area contributed by atoms with Crippen molar-refractivity contribution in [1.82, 2.24) is 20.3 Å². The molecule has 18 heavy (non-hydrogen) atoms. The van der Waals surface area contributed by atoms with Crippen LogP contribution in [-0.2, 0) is 6.54 Å². The number of hydrogen-bond donors (Lipinski definition) is 1. The fourth-order valence-electron chi connectivity index (χ4n) is 1.34. The Bertz CT molecular complexity index is 470. The van der Waals surface area contributed by atoms with E-state index in [1.807, 2.05) is 18.3 Å². The minimum atomic E-state index is 0.486. The first-order chi connectivity index (χ1) is 8.74. The molecule has 94 valence electrons. The smallest absolute Gasteiger partial charge is 0.116 e. The Morgan fingerprint density at radius 2 is 2.00 bits per heavy atom. The lowest BCUT2D eigenvalue weighted by Gasteiger charge is -2.07. The van der Waals surface area contributed by atoms with E-state index < -0.39 is 0 Å². The van der Waals surface area contributed by atoms with E-state index in [-0.39, 0.29) is 0 Å². The molecule has 0 fully saturated rings. The SMILES string of the molecule is CC(C)NCc1ccc(Sc2ccncn2)nc1. The first-order valence-corrected chi connectivity index (χ1v) is 6.68. The molecule has 0 aliphatic heterocycles. The van der Waals surface area contributed by atoms with Gasteiger partial charge in [-0.05, 0) is 29.5 Å². The standard InChI is InChI=1S/C13H16N4S/c1-10(2)15-7-11-3-4-12(16-8-11)18-13-5-6-14-9-17-13/h3-6,8-10,15H,7H2,1-2H3. The van der Waals surface area contributed by atoms with Crippen LogP contribution in [0.4, 0.5) is 0 Å². The Hall–Kier alpha value is -1.46. The summed E-state index contributed by atoms with van der Waals surface area (Å²) < 4.78 is 0. The predicted molar refractivity (Wildman–Crippen MR) is 72.4 cm³/mol. The molecule has 4 nitrogen and oxygen atoms in total. The summed E-state index contributed by atoms with van der Waals surface area (Å²) in [6.07, 6.45) is 5.18. The third kappa shape index (κ3) is 4.09. The molecule has 2 aromatic rings. The van der Waals surface area contributed by atoms with Crippen molar-refractivity contribution >= 4 is 11.8 Å². The van der Waals surface area contributed by atoms with Gasteiger partial charge in [0.1, 0.15) is 16.4 Å². The molecule has 0 unspecified atom stereocenters. The van der Waals surface area contributed by atoms with E-state index in [0.29, 0.717) is 6.04 Å². The third-order valence-corrected chi connectivity index (χ3v) is 3.18. The molecule has 0 spiro atoms. The molecule has 0 aliphatic rings. The highest BCUT2D eigenvalue weighted by Crippen LogP contribution is 2.22. The minimum Gasteiger partial charge on any atom is -0.310 e. The van der Waals surface area contributed by atoms with E-state index in [9.17, 15) is 0 Å².